The van der Waals surface area contributed by atoms with E-state index >= 15 is 0 Å². The molecule has 1 unspecified atom stereocenters. The predicted molar refractivity (Wildman–Crippen MR) is 77.5 cm³/mol. The Morgan fingerprint density at radius 3 is 3.00 bits per heavy atom. The zero-order valence-corrected chi connectivity index (χ0v) is 12.3. The number of nitrogens with one attached hydrogen (secondary N) is 1. The SMILES string of the molecule is CN1CCCCC1CCNc1ccc(Br)cc1F. The van der Waals surface area contributed by atoms with Gasteiger partial charge in [-0.2, -0.15) is 0 Å². The molecule has 1 atom stereocenters. The molecule has 1 aromatic rings. The molecule has 0 amide bonds. The van der Waals surface area contributed by atoms with E-state index in [2.05, 4.69) is 33.2 Å². The Morgan fingerprint density at radius 1 is 1.44 bits per heavy atom. The Labute approximate surface area is 117 Å². The maximum absolute atomic E-state index is 13.6. The van der Waals surface area contributed by atoms with Gasteiger partial charge in [-0.3, -0.25) is 0 Å². The molecule has 0 saturated carbocycles. The van der Waals surface area contributed by atoms with E-state index in [1.54, 1.807) is 6.07 Å². The number of anilines is 1. The van der Waals surface area contributed by atoms with Crippen LogP contribution in [0.2, 0.25) is 0 Å². The van der Waals surface area contributed by atoms with Crippen molar-refractivity contribution in [1.29, 1.82) is 0 Å². The number of hydrogen-bond acceptors (Lipinski definition) is 2. The maximum Gasteiger partial charge on any atom is 0.147 e. The van der Waals surface area contributed by atoms with E-state index in [0.29, 0.717) is 11.7 Å². The first-order chi connectivity index (χ1) is 8.66. The summed E-state index contributed by atoms with van der Waals surface area (Å²) in [5, 5.41) is 3.19. The van der Waals surface area contributed by atoms with Gasteiger partial charge in [-0.05, 0) is 51.1 Å². The fraction of sp³-hybridized carbons (Fsp3) is 0.571. The fourth-order valence-corrected chi connectivity index (χ4v) is 2.85. The molecule has 1 aromatic carbocycles. The summed E-state index contributed by atoms with van der Waals surface area (Å²) in [5.74, 6) is -0.193. The third kappa shape index (κ3) is 3.69. The quantitative estimate of drug-likeness (QED) is 0.907. The molecule has 1 N–H and O–H groups in total. The molecule has 1 fully saturated rings. The largest absolute Gasteiger partial charge is 0.383 e. The van der Waals surface area contributed by atoms with Crippen LogP contribution < -0.4 is 5.32 Å². The topological polar surface area (TPSA) is 15.3 Å². The number of likely N-dealkylation sites (tertiary alicyclic amines) is 1. The summed E-state index contributed by atoms with van der Waals surface area (Å²) in [4.78, 5) is 2.42. The molecule has 2 nitrogen and oxygen atoms in total. The molecule has 18 heavy (non-hydrogen) atoms. The van der Waals surface area contributed by atoms with Gasteiger partial charge in [0.25, 0.3) is 0 Å². The van der Waals surface area contributed by atoms with E-state index in [1.807, 2.05) is 6.07 Å². The second kappa shape index (κ2) is 6.53. The van der Waals surface area contributed by atoms with Gasteiger partial charge < -0.3 is 10.2 Å². The van der Waals surface area contributed by atoms with Crippen molar-refractivity contribution in [2.24, 2.45) is 0 Å². The average molecular weight is 315 g/mol. The lowest BCUT2D eigenvalue weighted by Crippen LogP contribution is -2.37. The first-order valence-corrected chi connectivity index (χ1v) is 7.35. The van der Waals surface area contributed by atoms with Crippen molar-refractivity contribution in [2.75, 3.05) is 25.5 Å². The number of benzene rings is 1. The lowest BCUT2D eigenvalue weighted by atomic mass is 10.0. The minimum Gasteiger partial charge on any atom is -0.383 e. The van der Waals surface area contributed by atoms with Crippen LogP contribution in [0.3, 0.4) is 0 Å². The summed E-state index contributed by atoms with van der Waals surface area (Å²) in [6.07, 6.45) is 4.97. The van der Waals surface area contributed by atoms with Crippen molar-refractivity contribution in [1.82, 2.24) is 4.90 Å². The molecule has 0 spiro atoms. The molecular formula is C14H20BrFN2. The van der Waals surface area contributed by atoms with Gasteiger partial charge in [-0.15, -0.1) is 0 Å². The summed E-state index contributed by atoms with van der Waals surface area (Å²) in [6, 6.07) is 5.78. The molecule has 0 aromatic heterocycles. The van der Waals surface area contributed by atoms with Crippen molar-refractivity contribution < 1.29 is 4.39 Å². The van der Waals surface area contributed by atoms with E-state index in [0.717, 1.165) is 17.4 Å². The number of nitrogens with zero attached hydrogens (tertiary/aromatic N) is 1. The zero-order chi connectivity index (χ0) is 13.0. The van der Waals surface area contributed by atoms with Crippen LogP contribution >= 0.6 is 15.9 Å². The molecule has 1 aliphatic rings. The van der Waals surface area contributed by atoms with Gasteiger partial charge in [0.15, 0.2) is 0 Å². The number of rotatable bonds is 4. The summed E-state index contributed by atoms with van der Waals surface area (Å²) < 4.78 is 14.4. The van der Waals surface area contributed by atoms with Gasteiger partial charge in [-0.1, -0.05) is 22.4 Å². The van der Waals surface area contributed by atoms with Crippen LogP contribution in [0.25, 0.3) is 0 Å². The van der Waals surface area contributed by atoms with Gasteiger partial charge in [0.1, 0.15) is 5.82 Å². The van der Waals surface area contributed by atoms with Gasteiger partial charge >= 0.3 is 0 Å². The van der Waals surface area contributed by atoms with Crippen molar-refractivity contribution in [3.63, 3.8) is 0 Å². The minimum atomic E-state index is -0.193. The van der Waals surface area contributed by atoms with Gasteiger partial charge in [0, 0.05) is 17.1 Å². The molecular weight excluding hydrogens is 295 g/mol. The molecule has 1 heterocycles. The minimum absolute atomic E-state index is 0.193. The van der Waals surface area contributed by atoms with E-state index in [9.17, 15) is 4.39 Å². The van der Waals surface area contributed by atoms with Crippen LogP contribution in [0.5, 0.6) is 0 Å². The predicted octanol–water partition coefficient (Wildman–Crippen LogP) is 3.87. The Morgan fingerprint density at radius 2 is 2.28 bits per heavy atom. The highest BCUT2D eigenvalue weighted by molar-refractivity contribution is 9.10. The van der Waals surface area contributed by atoms with Crippen molar-refractivity contribution in [3.05, 3.63) is 28.5 Å². The number of halogens is 2. The third-order valence-corrected chi connectivity index (χ3v) is 4.14. The highest BCUT2D eigenvalue weighted by Crippen LogP contribution is 2.21. The van der Waals surface area contributed by atoms with Crippen LogP contribution in [0, 0.1) is 5.82 Å². The monoisotopic (exact) mass is 314 g/mol. The van der Waals surface area contributed by atoms with Crippen molar-refractivity contribution >= 4 is 21.6 Å². The molecule has 100 valence electrons. The van der Waals surface area contributed by atoms with Crippen LogP contribution in [0.15, 0.2) is 22.7 Å². The maximum atomic E-state index is 13.6. The van der Waals surface area contributed by atoms with E-state index in [4.69, 9.17) is 0 Å². The Balaban J connectivity index is 1.81. The Hall–Kier alpha value is -0.610. The van der Waals surface area contributed by atoms with E-state index in [-0.39, 0.29) is 5.82 Å². The number of hydrogen-bond donors (Lipinski definition) is 1. The second-order valence-corrected chi connectivity index (χ2v) is 5.89. The fourth-order valence-electron chi connectivity index (χ4n) is 2.52. The first kappa shape index (κ1) is 13.8. The molecule has 0 radical (unpaired) electrons. The third-order valence-electron chi connectivity index (χ3n) is 3.65. The molecule has 1 saturated heterocycles. The highest BCUT2D eigenvalue weighted by atomic mass is 79.9. The van der Waals surface area contributed by atoms with Gasteiger partial charge in [-0.25, -0.2) is 4.39 Å². The van der Waals surface area contributed by atoms with Gasteiger partial charge in [0.05, 0.1) is 5.69 Å². The van der Waals surface area contributed by atoms with Crippen LogP contribution in [0.4, 0.5) is 10.1 Å². The Kier molecular flexibility index (Phi) is 5.01. The van der Waals surface area contributed by atoms with Gasteiger partial charge in [0.2, 0.25) is 0 Å². The molecule has 0 aliphatic carbocycles. The molecule has 0 bridgehead atoms. The van der Waals surface area contributed by atoms with E-state index < -0.39 is 0 Å². The molecule has 4 heteroatoms. The summed E-state index contributed by atoms with van der Waals surface area (Å²) >= 11 is 3.26. The number of piperidine rings is 1. The Bertz CT molecular complexity index is 397. The van der Waals surface area contributed by atoms with Crippen LogP contribution in [0.1, 0.15) is 25.7 Å². The standard InChI is InChI=1S/C14H20BrFN2/c1-18-9-3-2-4-12(18)7-8-17-14-6-5-11(15)10-13(14)16/h5-6,10,12,17H,2-4,7-9H2,1H3. The molecule has 2 rings (SSSR count). The lowest BCUT2D eigenvalue weighted by molar-refractivity contribution is 0.179. The van der Waals surface area contributed by atoms with Crippen molar-refractivity contribution in [2.45, 2.75) is 31.7 Å². The summed E-state index contributed by atoms with van der Waals surface area (Å²) in [5.41, 5.74) is 0.594. The normalized spacial score (nSPS) is 20.9. The van der Waals surface area contributed by atoms with Crippen LogP contribution in [-0.2, 0) is 0 Å². The summed E-state index contributed by atoms with van der Waals surface area (Å²) in [7, 11) is 2.18. The smallest absolute Gasteiger partial charge is 0.147 e. The average Bonchev–Trinajstić information content (AvgIpc) is 2.34. The first-order valence-electron chi connectivity index (χ1n) is 6.56. The summed E-state index contributed by atoms with van der Waals surface area (Å²) in [6.45, 7) is 2.02. The molecule has 1 aliphatic heterocycles. The van der Waals surface area contributed by atoms with E-state index in [1.165, 1.54) is 31.9 Å². The highest BCUT2D eigenvalue weighted by Gasteiger charge is 2.18. The lowest BCUT2D eigenvalue weighted by Gasteiger charge is -2.32. The van der Waals surface area contributed by atoms with Crippen molar-refractivity contribution in [3.8, 4) is 0 Å². The second-order valence-electron chi connectivity index (χ2n) is 4.97. The zero-order valence-electron chi connectivity index (χ0n) is 10.8. The van der Waals surface area contributed by atoms with Crippen LogP contribution in [-0.4, -0.2) is 31.1 Å².